The smallest absolute Gasteiger partial charge is 0.230 e. The van der Waals surface area contributed by atoms with E-state index in [0.29, 0.717) is 5.91 Å². The van der Waals surface area contributed by atoms with E-state index >= 15 is 0 Å². The zero-order chi connectivity index (χ0) is 11.4. The molecule has 0 aliphatic carbocycles. The van der Waals surface area contributed by atoms with E-state index in [0.717, 1.165) is 37.9 Å². The summed E-state index contributed by atoms with van der Waals surface area (Å²) in [7, 11) is 0. The van der Waals surface area contributed by atoms with Gasteiger partial charge in [-0.15, -0.1) is 0 Å². The molecule has 0 saturated carbocycles. The lowest BCUT2D eigenvalue weighted by Gasteiger charge is -2.22. The van der Waals surface area contributed by atoms with Gasteiger partial charge >= 0.3 is 0 Å². The number of hydrogen-bond acceptors (Lipinski definition) is 1. The second-order valence-corrected chi connectivity index (χ2v) is 4.40. The summed E-state index contributed by atoms with van der Waals surface area (Å²) in [6.07, 6.45) is 3.22. The van der Waals surface area contributed by atoms with Gasteiger partial charge in [-0.2, -0.15) is 0 Å². The van der Waals surface area contributed by atoms with Crippen molar-refractivity contribution < 1.29 is 4.79 Å². The van der Waals surface area contributed by atoms with E-state index in [1.807, 2.05) is 23.1 Å². The van der Waals surface area contributed by atoms with Crippen LogP contribution < -0.4 is 0 Å². The van der Waals surface area contributed by atoms with Crippen molar-refractivity contribution in [2.45, 2.75) is 32.1 Å². The Morgan fingerprint density at radius 3 is 2.44 bits per heavy atom. The predicted molar refractivity (Wildman–Crippen MR) is 65.3 cm³/mol. The molecule has 1 fully saturated rings. The highest BCUT2D eigenvalue weighted by molar-refractivity contribution is 5.83. The van der Waals surface area contributed by atoms with Gasteiger partial charge in [0.05, 0.1) is 5.92 Å². The normalized spacial score (nSPS) is 17.4. The number of hydrogen-bond donors (Lipinski definition) is 0. The van der Waals surface area contributed by atoms with Gasteiger partial charge in [-0.05, 0) is 24.8 Å². The molecule has 1 atom stereocenters. The molecule has 0 unspecified atom stereocenters. The Balaban J connectivity index is 2.13. The second kappa shape index (κ2) is 5.15. The van der Waals surface area contributed by atoms with Crippen LogP contribution in [0.25, 0.3) is 0 Å². The summed E-state index contributed by atoms with van der Waals surface area (Å²) in [5.74, 6) is 0.366. The van der Waals surface area contributed by atoms with Gasteiger partial charge < -0.3 is 4.90 Å². The van der Waals surface area contributed by atoms with Crippen molar-refractivity contribution in [2.75, 3.05) is 13.1 Å². The minimum atomic E-state index is 0.0549. The van der Waals surface area contributed by atoms with E-state index in [2.05, 4.69) is 19.1 Å². The lowest BCUT2D eigenvalue weighted by atomic mass is 9.95. The van der Waals surface area contributed by atoms with Crippen LogP contribution in [0.2, 0.25) is 0 Å². The molecule has 86 valence electrons. The average Bonchev–Trinajstić information content (AvgIpc) is 2.85. The maximum atomic E-state index is 12.3. The minimum Gasteiger partial charge on any atom is -0.342 e. The van der Waals surface area contributed by atoms with Crippen LogP contribution in [-0.2, 0) is 4.79 Å². The fourth-order valence-corrected chi connectivity index (χ4v) is 2.40. The number of carbonyl (C=O) groups is 1. The molecule has 2 nitrogen and oxygen atoms in total. The first kappa shape index (κ1) is 11.2. The monoisotopic (exact) mass is 217 g/mol. The molecule has 2 heteroatoms. The fraction of sp³-hybridized carbons (Fsp3) is 0.500. The number of carbonyl (C=O) groups excluding carboxylic acids is 1. The summed E-state index contributed by atoms with van der Waals surface area (Å²) in [5, 5.41) is 0. The quantitative estimate of drug-likeness (QED) is 0.762. The third kappa shape index (κ3) is 2.26. The topological polar surface area (TPSA) is 20.3 Å². The second-order valence-electron chi connectivity index (χ2n) is 4.40. The van der Waals surface area contributed by atoms with E-state index in [4.69, 9.17) is 0 Å². The molecule has 1 saturated heterocycles. The van der Waals surface area contributed by atoms with Gasteiger partial charge in [-0.25, -0.2) is 0 Å². The van der Waals surface area contributed by atoms with Gasteiger partial charge in [0, 0.05) is 13.1 Å². The van der Waals surface area contributed by atoms with Crippen molar-refractivity contribution in [1.82, 2.24) is 4.90 Å². The predicted octanol–water partition coefficient (Wildman–Crippen LogP) is 2.80. The van der Waals surface area contributed by atoms with Crippen molar-refractivity contribution in [1.29, 1.82) is 0 Å². The lowest BCUT2D eigenvalue weighted by molar-refractivity contribution is -0.131. The third-order valence-electron chi connectivity index (χ3n) is 3.33. The van der Waals surface area contributed by atoms with Gasteiger partial charge in [0.15, 0.2) is 0 Å². The Labute approximate surface area is 97.3 Å². The number of benzene rings is 1. The maximum Gasteiger partial charge on any atom is 0.230 e. The molecule has 1 aliphatic rings. The van der Waals surface area contributed by atoms with Crippen molar-refractivity contribution in [3.8, 4) is 0 Å². The molecule has 0 radical (unpaired) electrons. The highest BCUT2D eigenvalue weighted by atomic mass is 16.2. The number of likely N-dealkylation sites (tertiary alicyclic amines) is 1. The van der Waals surface area contributed by atoms with Gasteiger partial charge in [0.2, 0.25) is 5.91 Å². The van der Waals surface area contributed by atoms with Crippen molar-refractivity contribution >= 4 is 5.91 Å². The van der Waals surface area contributed by atoms with Crippen LogP contribution in [0.1, 0.15) is 37.7 Å². The first-order valence-electron chi connectivity index (χ1n) is 6.16. The van der Waals surface area contributed by atoms with Crippen molar-refractivity contribution in [3.63, 3.8) is 0 Å². The van der Waals surface area contributed by atoms with Crippen LogP contribution in [0.4, 0.5) is 0 Å². The first-order chi connectivity index (χ1) is 7.83. The molecule has 1 amide bonds. The number of nitrogens with zero attached hydrogens (tertiary/aromatic N) is 1. The molecular weight excluding hydrogens is 198 g/mol. The summed E-state index contributed by atoms with van der Waals surface area (Å²) in [6, 6.07) is 10.1. The molecule has 0 N–H and O–H groups in total. The third-order valence-corrected chi connectivity index (χ3v) is 3.33. The average molecular weight is 217 g/mol. The summed E-state index contributed by atoms with van der Waals surface area (Å²) in [6.45, 7) is 3.98. The molecule has 1 aromatic carbocycles. The van der Waals surface area contributed by atoms with Crippen LogP contribution in [-0.4, -0.2) is 23.9 Å². The van der Waals surface area contributed by atoms with E-state index in [1.165, 1.54) is 0 Å². The Morgan fingerprint density at radius 1 is 1.25 bits per heavy atom. The summed E-state index contributed by atoms with van der Waals surface area (Å²) in [5.41, 5.74) is 1.15. The molecule has 0 bridgehead atoms. The van der Waals surface area contributed by atoms with Crippen molar-refractivity contribution in [3.05, 3.63) is 35.9 Å². The lowest BCUT2D eigenvalue weighted by Crippen LogP contribution is -2.32. The van der Waals surface area contributed by atoms with Gasteiger partial charge in [-0.1, -0.05) is 37.3 Å². The Kier molecular flexibility index (Phi) is 3.60. The summed E-state index contributed by atoms with van der Waals surface area (Å²) >= 11 is 0. The molecule has 1 aromatic rings. The van der Waals surface area contributed by atoms with E-state index in [-0.39, 0.29) is 5.92 Å². The largest absolute Gasteiger partial charge is 0.342 e. The van der Waals surface area contributed by atoms with Gasteiger partial charge in [0.1, 0.15) is 0 Å². The van der Waals surface area contributed by atoms with Gasteiger partial charge in [0.25, 0.3) is 0 Å². The number of rotatable bonds is 3. The molecule has 16 heavy (non-hydrogen) atoms. The number of amides is 1. The molecule has 2 rings (SSSR count). The minimum absolute atomic E-state index is 0.0549. The summed E-state index contributed by atoms with van der Waals surface area (Å²) < 4.78 is 0. The van der Waals surface area contributed by atoms with E-state index in [9.17, 15) is 4.79 Å². The SMILES string of the molecule is CC[C@@H](C(=O)N1CCCC1)c1ccccc1. The van der Waals surface area contributed by atoms with Crippen molar-refractivity contribution in [2.24, 2.45) is 0 Å². The van der Waals surface area contributed by atoms with Crippen LogP contribution in [0.15, 0.2) is 30.3 Å². The highest BCUT2D eigenvalue weighted by Crippen LogP contribution is 2.23. The molecule has 0 spiro atoms. The first-order valence-corrected chi connectivity index (χ1v) is 6.16. The van der Waals surface area contributed by atoms with E-state index < -0.39 is 0 Å². The molecular formula is C14H19NO. The van der Waals surface area contributed by atoms with Crippen LogP contribution in [0, 0.1) is 0 Å². The fourth-order valence-electron chi connectivity index (χ4n) is 2.40. The highest BCUT2D eigenvalue weighted by Gasteiger charge is 2.25. The Morgan fingerprint density at radius 2 is 1.88 bits per heavy atom. The zero-order valence-corrected chi connectivity index (χ0v) is 9.86. The maximum absolute atomic E-state index is 12.3. The van der Waals surface area contributed by atoms with Crippen LogP contribution >= 0.6 is 0 Å². The Hall–Kier alpha value is -1.31. The zero-order valence-electron chi connectivity index (χ0n) is 9.86. The molecule has 1 aliphatic heterocycles. The van der Waals surface area contributed by atoms with E-state index in [1.54, 1.807) is 0 Å². The Bertz CT molecular complexity index is 341. The van der Waals surface area contributed by atoms with Gasteiger partial charge in [-0.3, -0.25) is 4.79 Å². The molecule has 0 aromatic heterocycles. The summed E-state index contributed by atoms with van der Waals surface area (Å²) in [4.78, 5) is 14.3. The molecule has 1 heterocycles. The van der Waals surface area contributed by atoms with Crippen LogP contribution in [0.3, 0.4) is 0 Å². The van der Waals surface area contributed by atoms with Crippen LogP contribution in [0.5, 0.6) is 0 Å². The standard InChI is InChI=1S/C14H19NO/c1-2-13(12-8-4-3-5-9-12)14(16)15-10-6-7-11-15/h3-5,8-9,13H,2,6-7,10-11H2,1H3/t13-/m1/s1.